The van der Waals surface area contributed by atoms with Crippen molar-refractivity contribution >= 4 is 5.91 Å². The third-order valence-corrected chi connectivity index (χ3v) is 2.78. The molecule has 0 saturated carbocycles. The lowest BCUT2D eigenvalue weighted by Crippen LogP contribution is -2.35. The van der Waals surface area contributed by atoms with Gasteiger partial charge in [0.05, 0.1) is 6.04 Å². The number of aryl methyl sites for hydroxylation is 1. The van der Waals surface area contributed by atoms with Gasteiger partial charge in [-0.1, -0.05) is 12.1 Å². The van der Waals surface area contributed by atoms with Gasteiger partial charge in [-0.15, -0.1) is 0 Å². The monoisotopic (exact) mass is 239 g/mol. The minimum Gasteiger partial charge on any atom is -0.372 e. The summed E-state index contributed by atoms with van der Waals surface area (Å²) < 4.78 is 18.3. The summed E-state index contributed by atoms with van der Waals surface area (Å²) in [6.07, 6.45) is -0.507. The van der Waals surface area contributed by atoms with Crippen molar-refractivity contribution in [2.24, 2.45) is 0 Å². The van der Waals surface area contributed by atoms with Crippen molar-refractivity contribution in [1.82, 2.24) is 5.32 Å². The minimum atomic E-state index is -0.507. The SMILES string of the molecule is COC(C)C(=O)NC(C)c1ccc(C)c(F)c1. The van der Waals surface area contributed by atoms with Crippen molar-refractivity contribution in [3.63, 3.8) is 0 Å². The van der Waals surface area contributed by atoms with Gasteiger partial charge in [0, 0.05) is 7.11 Å². The van der Waals surface area contributed by atoms with Gasteiger partial charge in [-0.3, -0.25) is 4.79 Å². The average molecular weight is 239 g/mol. The number of rotatable bonds is 4. The molecule has 0 aromatic heterocycles. The second-order valence-electron chi connectivity index (χ2n) is 4.12. The van der Waals surface area contributed by atoms with E-state index in [-0.39, 0.29) is 17.8 Å². The maximum Gasteiger partial charge on any atom is 0.249 e. The highest BCUT2D eigenvalue weighted by atomic mass is 19.1. The van der Waals surface area contributed by atoms with Crippen LogP contribution >= 0.6 is 0 Å². The molecule has 17 heavy (non-hydrogen) atoms. The van der Waals surface area contributed by atoms with E-state index in [0.717, 1.165) is 5.56 Å². The Kier molecular flexibility index (Phi) is 4.63. The van der Waals surface area contributed by atoms with Gasteiger partial charge in [-0.25, -0.2) is 4.39 Å². The highest BCUT2D eigenvalue weighted by molar-refractivity contribution is 5.80. The highest BCUT2D eigenvalue weighted by Crippen LogP contribution is 2.16. The van der Waals surface area contributed by atoms with Gasteiger partial charge in [0.15, 0.2) is 0 Å². The largest absolute Gasteiger partial charge is 0.372 e. The quantitative estimate of drug-likeness (QED) is 0.875. The van der Waals surface area contributed by atoms with Crippen LogP contribution in [0.5, 0.6) is 0 Å². The first kappa shape index (κ1) is 13.6. The van der Waals surface area contributed by atoms with Crippen molar-refractivity contribution in [3.05, 3.63) is 35.1 Å². The molecule has 2 unspecified atom stereocenters. The van der Waals surface area contributed by atoms with Crippen LogP contribution in [0.2, 0.25) is 0 Å². The summed E-state index contributed by atoms with van der Waals surface area (Å²) in [5.41, 5.74) is 1.34. The summed E-state index contributed by atoms with van der Waals surface area (Å²) in [4.78, 5) is 11.6. The van der Waals surface area contributed by atoms with Crippen molar-refractivity contribution < 1.29 is 13.9 Å². The Hall–Kier alpha value is -1.42. The summed E-state index contributed by atoms with van der Waals surface area (Å²) in [5, 5.41) is 2.76. The number of hydrogen-bond donors (Lipinski definition) is 1. The Balaban J connectivity index is 2.73. The van der Waals surface area contributed by atoms with Gasteiger partial charge in [0.25, 0.3) is 0 Å². The zero-order valence-corrected chi connectivity index (χ0v) is 10.6. The second kappa shape index (κ2) is 5.77. The van der Waals surface area contributed by atoms with Crippen molar-refractivity contribution in [3.8, 4) is 0 Å². The van der Waals surface area contributed by atoms with Crippen LogP contribution in [0.25, 0.3) is 0 Å². The molecule has 0 aliphatic heterocycles. The van der Waals surface area contributed by atoms with Crippen LogP contribution in [-0.2, 0) is 9.53 Å². The smallest absolute Gasteiger partial charge is 0.249 e. The first-order valence-electron chi connectivity index (χ1n) is 5.55. The van der Waals surface area contributed by atoms with E-state index in [1.54, 1.807) is 26.0 Å². The fourth-order valence-electron chi connectivity index (χ4n) is 1.40. The van der Waals surface area contributed by atoms with E-state index in [1.807, 2.05) is 6.92 Å². The van der Waals surface area contributed by atoms with Gasteiger partial charge >= 0.3 is 0 Å². The molecule has 0 aliphatic carbocycles. The van der Waals surface area contributed by atoms with Crippen LogP contribution in [0.1, 0.15) is 31.0 Å². The van der Waals surface area contributed by atoms with E-state index in [0.29, 0.717) is 5.56 Å². The summed E-state index contributed by atoms with van der Waals surface area (Å²) in [6, 6.07) is 4.71. The average Bonchev–Trinajstić information content (AvgIpc) is 2.31. The summed E-state index contributed by atoms with van der Waals surface area (Å²) in [6.45, 7) is 5.18. The molecule has 1 aromatic carbocycles. The Morgan fingerprint density at radius 3 is 2.59 bits per heavy atom. The van der Waals surface area contributed by atoms with Gasteiger partial charge in [-0.2, -0.15) is 0 Å². The molecular formula is C13H18FNO2. The lowest BCUT2D eigenvalue weighted by atomic mass is 10.1. The third kappa shape index (κ3) is 3.53. The van der Waals surface area contributed by atoms with E-state index >= 15 is 0 Å². The highest BCUT2D eigenvalue weighted by Gasteiger charge is 2.15. The predicted octanol–water partition coefficient (Wildman–Crippen LogP) is 2.35. The zero-order valence-electron chi connectivity index (χ0n) is 10.6. The predicted molar refractivity (Wildman–Crippen MR) is 64.2 cm³/mol. The summed E-state index contributed by atoms with van der Waals surface area (Å²) in [5.74, 6) is -0.468. The van der Waals surface area contributed by atoms with E-state index < -0.39 is 6.10 Å². The number of halogens is 1. The molecule has 0 spiro atoms. The topological polar surface area (TPSA) is 38.3 Å². The Morgan fingerprint density at radius 2 is 2.06 bits per heavy atom. The maximum absolute atomic E-state index is 13.4. The molecule has 0 radical (unpaired) electrons. The Labute approximate surface area is 101 Å². The molecule has 4 heteroatoms. The maximum atomic E-state index is 13.4. The van der Waals surface area contributed by atoms with Crippen LogP contribution in [0.4, 0.5) is 4.39 Å². The molecule has 1 rings (SSSR count). The molecule has 0 heterocycles. The fraction of sp³-hybridized carbons (Fsp3) is 0.462. The van der Waals surface area contributed by atoms with Gasteiger partial charge in [0.2, 0.25) is 5.91 Å². The van der Waals surface area contributed by atoms with Crippen molar-refractivity contribution in [1.29, 1.82) is 0 Å². The Morgan fingerprint density at radius 1 is 1.41 bits per heavy atom. The number of carbonyl (C=O) groups is 1. The summed E-state index contributed by atoms with van der Waals surface area (Å²) >= 11 is 0. The molecule has 94 valence electrons. The number of ether oxygens (including phenoxy) is 1. The van der Waals surface area contributed by atoms with Crippen molar-refractivity contribution in [2.45, 2.75) is 32.9 Å². The van der Waals surface area contributed by atoms with Gasteiger partial charge in [-0.05, 0) is 38.0 Å². The summed E-state index contributed by atoms with van der Waals surface area (Å²) in [7, 11) is 1.47. The fourth-order valence-corrected chi connectivity index (χ4v) is 1.40. The lowest BCUT2D eigenvalue weighted by Gasteiger charge is -2.17. The second-order valence-corrected chi connectivity index (χ2v) is 4.12. The normalized spacial score (nSPS) is 14.2. The molecule has 1 aromatic rings. The molecule has 0 saturated heterocycles. The van der Waals surface area contributed by atoms with Crippen LogP contribution in [-0.4, -0.2) is 19.1 Å². The lowest BCUT2D eigenvalue weighted by molar-refractivity contribution is -0.130. The van der Waals surface area contributed by atoms with Crippen LogP contribution in [0, 0.1) is 12.7 Å². The zero-order chi connectivity index (χ0) is 13.0. The van der Waals surface area contributed by atoms with Crippen molar-refractivity contribution in [2.75, 3.05) is 7.11 Å². The molecule has 2 atom stereocenters. The molecule has 1 N–H and O–H groups in total. The molecule has 0 aliphatic rings. The van der Waals surface area contributed by atoms with E-state index in [2.05, 4.69) is 5.32 Å². The molecular weight excluding hydrogens is 221 g/mol. The Bertz CT molecular complexity index is 406. The molecule has 1 amide bonds. The van der Waals surface area contributed by atoms with E-state index in [9.17, 15) is 9.18 Å². The van der Waals surface area contributed by atoms with Crippen LogP contribution in [0.3, 0.4) is 0 Å². The molecule has 0 fully saturated rings. The molecule has 3 nitrogen and oxygen atoms in total. The number of hydrogen-bond acceptors (Lipinski definition) is 2. The number of nitrogens with one attached hydrogen (secondary N) is 1. The van der Waals surface area contributed by atoms with E-state index in [1.165, 1.54) is 13.2 Å². The first-order chi connectivity index (χ1) is 7.95. The van der Waals surface area contributed by atoms with Gasteiger partial charge < -0.3 is 10.1 Å². The number of amides is 1. The van der Waals surface area contributed by atoms with E-state index in [4.69, 9.17) is 4.74 Å². The van der Waals surface area contributed by atoms with Crippen LogP contribution in [0.15, 0.2) is 18.2 Å². The van der Waals surface area contributed by atoms with Gasteiger partial charge in [0.1, 0.15) is 11.9 Å². The third-order valence-electron chi connectivity index (χ3n) is 2.78. The minimum absolute atomic E-state index is 0.207. The first-order valence-corrected chi connectivity index (χ1v) is 5.55. The number of carbonyl (C=O) groups excluding carboxylic acids is 1. The number of methoxy groups -OCH3 is 1. The number of benzene rings is 1. The standard InChI is InChI=1S/C13H18FNO2/c1-8-5-6-11(7-12(8)14)9(2)15-13(16)10(3)17-4/h5-7,9-10H,1-4H3,(H,15,16). The molecule has 0 bridgehead atoms. The van der Waals surface area contributed by atoms with Crippen LogP contribution < -0.4 is 5.32 Å².